The van der Waals surface area contributed by atoms with Crippen molar-refractivity contribution in [3.8, 4) is 16.9 Å². The predicted molar refractivity (Wildman–Crippen MR) is 69.6 cm³/mol. The van der Waals surface area contributed by atoms with Crippen molar-refractivity contribution in [3.05, 3.63) is 71.5 Å². The maximum absolute atomic E-state index is 11.0. The molecule has 1 N–H and O–H groups in total. The third kappa shape index (κ3) is 1.96. The van der Waals surface area contributed by atoms with Crippen LogP contribution in [0, 0.1) is 0 Å². The zero-order chi connectivity index (χ0) is 12.4. The van der Waals surface area contributed by atoms with Crippen LogP contribution in [0.5, 0.6) is 0 Å². The van der Waals surface area contributed by atoms with Crippen LogP contribution in [0.15, 0.2) is 66.0 Å². The van der Waals surface area contributed by atoms with E-state index in [0.717, 1.165) is 16.9 Å². The van der Waals surface area contributed by atoms with Crippen LogP contribution in [-0.2, 0) is 0 Å². The van der Waals surface area contributed by atoms with Gasteiger partial charge in [-0.05, 0) is 6.07 Å². The number of pyridine rings is 1. The van der Waals surface area contributed by atoms with Crippen molar-refractivity contribution in [1.29, 1.82) is 0 Å². The highest BCUT2D eigenvalue weighted by Crippen LogP contribution is 2.17. The molecule has 0 spiro atoms. The highest BCUT2D eigenvalue weighted by Gasteiger charge is 2.02. The molecule has 0 atom stereocenters. The molecule has 4 heteroatoms. The number of hydrogen-bond acceptors (Lipinski definition) is 2. The van der Waals surface area contributed by atoms with Crippen molar-refractivity contribution in [2.45, 2.75) is 0 Å². The van der Waals surface area contributed by atoms with Gasteiger partial charge in [-0.25, -0.2) is 4.98 Å². The van der Waals surface area contributed by atoms with Gasteiger partial charge in [0, 0.05) is 24.0 Å². The van der Waals surface area contributed by atoms with Crippen LogP contribution in [0.25, 0.3) is 16.9 Å². The van der Waals surface area contributed by atoms with E-state index in [1.54, 1.807) is 18.6 Å². The summed E-state index contributed by atoms with van der Waals surface area (Å²) in [6.45, 7) is 0. The van der Waals surface area contributed by atoms with E-state index in [-0.39, 0.29) is 5.56 Å². The van der Waals surface area contributed by atoms with Crippen molar-refractivity contribution in [3.63, 3.8) is 0 Å². The summed E-state index contributed by atoms with van der Waals surface area (Å²) in [5.41, 5.74) is 2.74. The fraction of sp³-hybridized carbons (Fsp3) is 0. The summed E-state index contributed by atoms with van der Waals surface area (Å²) < 4.78 is 1.87. The molecule has 0 radical (unpaired) electrons. The van der Waals surface area contributed by atoms with Crippen LogP contribution in [-0.4, -0.2) is 14.5 Å². The van der Waals surface area contributed by atoms with Crippen molar-refractivity contribution in [2.24, 2.45) is 0 Å². The van der Waals surface area contributed by atoms with E-state index < -0.39 is 0 Å². The van der Waals surface area contributed by atoms with E-state index in [9.17, 15) is 4.79 Å². The van der Waals surface area contributed by atoms with Gasteiger partial charge in [0.25, 0.3) is 0 Å². The minimum Gasteiger partial charge on any atom is -0.327 e. The monoisotopic (exact) mass is 237 g/mol. The second-order valence-electron chi connectivity index (χ2n) is 3.94. The minimum atomic E-state index is -0.109. The number of aromatic amines is 1. The van der Waals surface area contributed by atoms with Gasteiger partial charge in [-0.3, -0.25) is 4.79 Å². The Morgan fingerprint density at radius 1 is 1.06 bits per heavy atom. The van der Waals surface area contributed by atoms with E-state index in [0.29, 0.717) is 0 Å². The Morgan fingerprint density at radius 3 is 2.61 bits per heavy atom. The molecule has 0 aliphatic rings. The summed E-state index contributed by atoms with van der Waals surface area (Å²) in [5.74, 6) is 0. The fourth-order valence-electron chi connectivity index (χ4n) is 1.78. The first-order chi connectivity index (χ1) is 8.83. The molecule has 0 saturated carbocycles. The molecule has 3 aromatic rings. The third-order valence-corrected chi connectivity index (χ3v) is 2.72. The van der Waals surface area contributed by atoms with Gasteiger partial charge in [-0.15, -0.1) is 0 Å². The van der Waals surface area contributed by atoms with Crippen molar-refractivity contribution in [2.75, 3.05) is 0 Å². The number of benzene rings is 1. The molecule has 4 nitrogen and oxygen atoms in total. The molecule has 88 valence electrons. The average Bonchev–Trinajstić information content (AvgIpc) is 2.90. The molecule has 18 heavy (non-hydrogen) atoms. The van der Waals surface area contributed by atoms with Gasteiger partial charge >= 0.3 is 0 Å². The summed E-state index contributed by atoms with van der Waals surface area (Å²) in [6, 6.07) is 13.2. The number of aromatic nitrogens is 3. The number of rotatable bonds is 2. The lowest BCUT2D eigenvalue weighted by molar-refractivity contribution is 1.03. The Balaban J connectivity index is 1.99. The summed E-state index contributed by atoms with van der Waals surface area (Å²) in [6.07, 6.45) is 5.33. The number of nitrogens with one attached hydrogen (secondary N) is 1. The molecular weight excluding hydrogens is 226 g/mol. The standard InChI is InChI=1S/C14H11N3O/c18-14-7-6-12(8-15-14)17-9-13(16-10-17)11-4-2-1-3-5-11/h1-10H,(H,15,18). The summed E-state index contributed by atoms with van der Waals surface area (Å²) in [4.78, 5) is 18.0. The fourth-order valence-corrected chi connectivity index (χ4v) is 1.78. The van der Waals surface area contributed by atoms with Crippen LogP contribution >= 0.6 is 0 Å². The molecule has 3 rings (SSSR count). The molecule has 0 unspecified atom stereocenters. The number of nitrogens with zero attached hydrogens (tertiary/aromatic N) is 2. The predicted octanol–water partition coefficient (Wildman–Crippen LogP) is 2.23. The van der Waals surface area contributed by atoms with Crippen molar-refractivity contribution < 1.29 is 0 Å². The first kappa shape index (κ1) is 10.5. The maximum atomic E-state index is 11.0. The van der Waals surface area contributed by atoms with E-state index in [2.05, 4.69) is 9.97 Å². The van der Waals surface area contributed by atoms with E-state index in [4.69, 9.17) is 0 Å². The average molecular weight is 237 g/mol. The van der Waals surface area contributed by atoms with Crippen LogP contribution in [0.3, 0.4) is 0 Å². The van der Waals surface area contributed by atoms with Gasteiger partial charge in [0.1, 0.15) is 0 Å². The van der Waals surface area contributed by atoms with Crippen LogP contribution in [0.4, 0.5) is 0 Å². The highest BCUT2D eigenvalue weighted by atomic mass is 16.1. The highest BCUT2D eigenvalue weighted by molar-refractivity contribution is 5.58. The Kier molecular flexibility index (Phi) is 2.53. The summed E-state index contributed by atoms with van der Waals surface area (Å²) >= 11 is 0. The van der Waals surface area contributed by atoms with Crippen LogP contribution < -0.4 is 5.56 Å². The van der Waals surface area contributed by atoms with E-state index in [1.165, 1.54) is 6.07 Å². The molecule has 1 aromatic carbocycles. The lowest BCUT2D eigenvalue weighted by Gasteiger charge is -1.99. The molecule has 0 aliphatic heterocycles. The molecule has 0 fully saturated rings. The second-order valence-corrected chi connectivity index (χ2v) is 3.94. The molecule has 0 bridgehead atoms. The van der Waals surface area contributed by atoms with Gasteiger partial charge in [0.2, 0.25) is 5.56 Å². The smallest absolute Gasteiger partial charge is 0.248 e. The first-order valence-electron chi connectivity index (χ1n) is 5.61. The Labute approximate surface area is 104 Å². The normalized spacial score (nSPS) is 10.4. The molecule has 0 aliphatic carbocycles. The minimum absolute atomic E-state index is 0.109. The Morgan fingerprint density at radius 2 is 1.89 bits per heavy atom. The largest absolute Gasteiger partial charge is 0.327 e. The number of H-pyrrole nitrogens is 1. The third-order valence-electron chi connectivity index (χ3n) is 2.72. The quantitative estimate of drug-likeness (QED) is 0.743. The zero-order valence-corrected chi connectivity index (χ0v) is 9.58. The molecule has 0 saturated heterocycles. The summed E-state index contributed by atoms with van der Waals surface area (Å²) in [5, 5.41) is 0. The van der Waals surface area contributed by atoms with Gasteiger partial charge in [-0.1, -0.05) is 30.3 Å². The molecule has 2 aromatic heterocycles. The number of hydrogen-bond donors (Lipinski definition) is 1. The Hall–Kier alpha value is -2.62. The molecular formula is C14H11N3O. The van der Waals surface area contributed by atoms with Gasteiger partial charge in [-0.2, -0.15) is 0 Å². The van der Waals surface area contributed by atoms with Gasteiger partial charge in [0.05, 0.1) is 17.7 Å². The lowest BCUT2D eigenvalue weighted by atomic mass is 10.2. The molecule has 0 amide bonds. The maximum Gasteiger partial charge on any atom is 0.248 e. The van der Waals surface area contributed by atoms with Crippen molar-refractivity contribution in [1.82, 2.24) is 14.5 Å². The Bertz CT molecular complexity index is 693. The van der Waals surface area contributed by atoms with E-state index >= 15 is 0 Å². The summed E-state index contributed by atoms with van der Waals surface area (Å²) in [7, 11) is 0. The first-order valence-corrected chi connectivity index (χ1v) is 5.61. The molecule has 2 heterocycles. The van der Waals surface area contributed by atoms with E-state index in [1.807, 2.05) is 41.1 Å². The zero-order valence-electron chi connectivity index (χ0n) is 9.58. The number of imidazole rings is 1. The van der Waals surface area contributed by atoms with Gasteiger partial charge in [0.15, 0.2) is 0 Å². The second kappa shape index (κ2) is 4.33. The van der Waals surface area contributed by atoms with Crippen LogP contribution in [0.2, 0.25) is 0 Å². The van der Waals surface area contributed by atoms with Crippen LogP contribution in [0.1, 0.15) is 0 Å². The van der Waals surface area contributed by atoms with Crippen molar-refractivity contribution >= 4 is 0 Å². The SMILES string of the molecule is O=c1ccc(-n2cnc(-c3ccccc3)c2)c[nH]1. The topological polar surface area (TPSA) is 50.7 Å². The van der Waals surface area contributed by atoms with Gasteiger partial charge < -0.3 is 9.55 Å². The lowest BCUT2D eigenvalue weighted by Crippen LogP contribution is -2.03.